The van der Waals surface area contributed by atoms with E-state index in [1.807, 2.05) is 0 Å². The monoisotopic (exact) mass is 343 g/mol. The minimum Gasteiger partial charge on any atom is -0.481 e. The zero-order valence-electron chi connectivity index (χ0n) is 12.0. The second kappa shape index (κ2) is 8.97. The van der Waals surface area contributed by atoms with E-state index in [0.717, 1.165) is 29.3 Å². The zero-order valence-corrected chi connectivity index (χ0v) is 13.6. The molecular formula is C15H22BrNO3. The van der Waals surface area contributed by atoms with Gasteiger partial charge in [-0.2, -0.15) is 0 Å². The highest BCUT2D eigenvalue weighted by Crippen LogP contribution is 2.23. The predicted octanol–water partition coefficient (Wildman–Crippen LogP) is 3.02. The molecule has 20 heavy (non-hydrogen) atoms. The summed E-state index contributed by atoms with van der Waals surface area (Å²) in [5.41, 5.74) is 0.734. The number of amides is 1. The molecule has 0 radical (unpaired) electrons. The molecule has 0 saturated carbocycles. The van der Waals surface area contributed by atoms with E-state index in [1.165, 1.54) is 0 Å². The fraction of sp³-hybridized carbons (Fsp3) is 0.533. The van der Waals surface area contributed by atoms with Crippen molar-refractivity contribution in [3.8, 4) is 5.75 Å². The summed E-state index contributed by atoms with van der Waals surface area (Å²) in [4.78, 5) is 11.8. The van der Waals surface area contributed by atoms with Crippen LogP contribution in [-0.2, 0) is 11.4 Å². The third-order valence-corrected chi connectivity index (χ3v) is 3.72. The molecule has 112 valence electrons. The number of unbranched alkanes of at least 4 members (excludes halogenated alkanes) is 2. The topological polar surface area (TPSA) is 58.6 Å². The Morgan fingerprint density at radius 1 is 1.45 bits per heavy atom. The van der Waals surface area contributed by atoms with Crippen molar-refractivity contribution < 1.29 is 14.6 Å². The van der Waals surface area contributed by atoms with Gasteiger partial charge in [0.05, 0.1) is 6.61 Å². The molecule has 0 spiro atoms. The third-order valence-electron chi connectivity index (χ3n) is 2.95. The van der Waals surface area contributed by atoms with Crippen LogP contribution in [0.15, 0.2) is 22.7 Å². The van der Waals surface area contributed by atoms with Crippen LogP contribution in [-0.4, -0.2) is 23.7 Å². The molecule has 1 aromatic carbocycles. The maximum absolute atomic E-state index is 11.8. The van der Waals surface area contributed by atoms with E-state index < -0.39 is 6.10 Å². The first-order chi connectivity index (χ1) is 9.58. The standard InChI is InChI=1S/C15H22BrNO3/c1-3-4-5-8-17-15(19)11(2)20-13-6-7-14(16)12(9-13)10-18/h6-7,9,11,18H,3-5,8,10H2,1-2H3,(H,17,19). The van der Waals surface area contributed by atoms with E-state index in [9.17, 15) is 9.90 Å². The van der Waals surface area contributed by atoms with Crippen LogP contribution < -0.4 is 10.1 Å². The summed E-state index contributed by atoms with van der Waals surface area (Å²) in [6.07, 6.45) is 2.68. The average molecular weight is 344 g/mol. The lowest BCUT2D eigenvalue weighted by Gasteiger charge is -2.15. The van der Waals surface area contributed by atoms with Crippen LogP contribution in [0.1, 0.15) is 38.7 Å². The Labute approximate surface area is 128 Å². The maximum Gasteiger partial charge on any atom is 0.260 e. The van der Waals surface area contributed by atoms with Crippen molar-refractivity contribution in [2.75, 3.05) is 6.54 Å². The van der Waals surface area contributed by atoms with Crippen molar-refractivity contribution in [1.82, 2.24) is 5.32 Å². The lowest BCUT2D eigenvalue weighted by Crippen LogP contribution is -2.36. The Morgan fingerprint density at radius 3 is 2.85 bits per heavy atom. The number of rotatable bonds is 8. The predicted molar refractivity (Wildman–Crippen MR) is 82.7 cm³/mol. The lowest BCUT2D eigenvalue weighted by molar-refractivity contribution is -0.127. The number of aliphatic hydroxyl groups is 1. The highest BCUT2D eigenvalue weighted by Gasteiger charge is 2.14. The first-order valence-corrected chi connectivity index (χ1v) is 7.71. The summed E-state index contributed by atoms with van der Waals surface area (Å²) < 4.78 is 6.41. The second-order valence-electron chi connectivity index (χ2n) is 4.67. The van der Waals surface area contributed by atoms with Crippen LogP contribution in [0, 0.1) is 0 Å². The molecule has 1 atom stereocenters. The number of halogens is 1. The number of nitrogens with one attached hydrogen (secondary N) is 1. The van der Waals surface area contributed by atoms with Crippen molar-refractivity contribution >= 4 is 21.8 Å². The number of aliphatic hydroxyl groups excluding tert-OH is 1. The Bertz CT molecular complexity index is 437. The van der Waals surface area contributed by atoms with Crippen LogP contribution >= 0.6 is 15.9 Å². The summed E-state index contributed by atoms with van der Waals surface area (Å²) in [7, 11) is 0. The molecule has 0 saturated heterocycles. The van der Waals surface area contributed by atoms with Gasteiger partial charge in [0.2, 0.25) is 0 Å². The van der Waals surface area contributed by atoms with Crippen LogP contribution in [0.3, 0.4) is 0 Å². The normalized spacial score (nSPS) is 12.0. The van der Waals surface area contributed by atoms with Gasteiger partial charge in [-0.25, -0.2) is 0 Å². The summed E-state index contributed by atoms with van der Waals surface area (Å²) >= 11 is 3.34. The first kappa shape index (κ1) is 17.0. The minimum atomic E-state index is -0.552. The van der Waals surface area contributed by atoms with Gasteiger partial charge in [-0.05, 0) is 37.1 Å². The number of hydrogen-bond donors (Lipinski definition) is 2. The SMILES string of the molecule is CCCCCNC(=O)C(C)Oc1ccc(Br)c(CO)c1. The Hall–Kier alpha value is -1.07. The van der Waals surface area contributed by atoms with E-state index in [4.69, 9.17) is 4.74 Å². The minimum absolute atomic E-state index is 0.0740. The molecule has 1 unspecified atom stereocenters. The molecule has 0 fully saturated rings. The molecule has 1 aromatic rings. The molecule has 0 aliphatic carbocycles. The van der Waals surface area contributed by atoms with Gasteiger partial charge >= 0.3 is 0 Å². The molecule has 0 aromatic heterocycles. The first-order valence-electron chi connectivity index (χ1n) is 6.92. The summed E-state index contributed by atoms with van der Waals surface area (Å²) in [5, 5.41) is 12.0. The molecule has 2 N–H and O–H groups in total. The molecule has 0 bridgehead atoms. The van der Waals surface area contributed by atoms with E-state index >= 15 is 0 Å². The second-order valence-corrected chi connectivity index (χ2v) is 5.52. The summed E-state index contributed by atoms with van der Waals surface area (Å²) in [5.74, 6) is 0.461. The van der Waals surface area contributed by atoms with Gasteiger partial charge in [0.1, 0.15) is 5.75 Å². The number of carbonyl (C=O) groups excluding carboxylic acids is 1. The van der Waals surface area contributed by atoms with Gasteiger partial charge in [0.25, 0.3) is 5.91 Å². The number of ether oxygens (including phenoxy) is 1. The highest BCUT2D eigenvalue weighted by atomic mass is 79.9. The van der Waals surface area contributed by atoms with E-state index in [1.54, 1.807) is 25.1 Å². The van der Waals surface area contributed by atoms with E-state index in [2.05, 4.69) is 28.2 Å². The van der Waals surface area contributed by atoms with Gasteiger partial charge in [-0.3, -0.25) is 4.79 Å². The van der Waals surface area contributed by atoms with Crippen molar-refractivity contribution in [3.63, 3.8) is 0 Å². The van der Waals surface area contributed by atoms with Gasteiger partial charge in [0.15, 0.2) is 6.10 Å². The van der Waals surface area contributed by atoms with Gasteiger partial charge < -0.3 is 15.2 Å². The molecule has 0 aliphatic heterocycles. The van der Waals surface area contributed by atoms with Crippen molar-refractivity contribution in [1.29, 1.82) is 0 Å². The van der Waals surface area contributed by atoms with Crippen LogP contribution in [0.25, 0.3) is 0 Å². The molecule has 1 rings (SSSR count). The number of hydrogen-bond acceptors (Lipinski definition) is 3. The Morgan fingerprint density at radius 2 is 2.20 bits per heavy atom. The number of benzene rings is 1. The fourth-order valence-corrected chi connectivity index (χ4v) is 2.11. The average Bonchev–Trinajstić information content (AvgIpc) is 2.45. The van der Waals surface area contributed by atoms with E-state index in [-0.39, 0.29) is 12.5 Å². The smallest absolute Gasteiger partial charge is 0.260 e. The molecule has 5 heteroatoms. The Kier molecular flexibility index (Phi) is 7.62. The summed E-state index contributed by atoms with van der Waals surface area (Å²) in [6.45, 7) is 4.45. The molecule has 1 amide bonds. The van der Waals surface area contributed by atoms with Gasteiger partial charge in [0, 0.05) is 11.0 Å². The third kappa shape index (κ3) is 5.51. The van der Waals surface area contributed by atoms with E-state index in [0.29, 0.717) is 12.3 Å². The fourth-order valence-electron chi connectivity index (χ4n) is 1.73. The van der Waals surface area contributed by atoms with Gasteiger partial charge in [-0.15, -0.1) is 0 Å². The quantitative estimate of drug-likeness (QED) is 0.713. The number of carbonyl (C=O) groups is 1. The highest BCUT2D eigenvalue weighted by molar-refractivity contribution is 9.10. The molecular weight excluding hydrogens is 322 g/mol. The Balaban J connectivity index is 2.48. The van der Waals surface area contributed by atoms with Crippen molar-refractivity contribution in [2.45, 2.75) is 45.8 Å². The van der Waals surface area contributed by atoms with Crippen LogP contribution in [0.4, 0.5) is 0 Å². The molecule has 0 heterocycles. The van der Waals surface area contributed by atoms with Crippen LogP contribution in [0.5, 0.6) is 5.75 Å². The summed E-state index contributed by atoms with van der Waals surface area (Å²) in [6, 6.07) is 5.29. The van der Waals surface area contributed by atoms with Crippen molar-refractivity contribution in [3.05, 3.63) is 28.2 Å². The molecule has 0 aliphatic rings. The maximum atomic E-state index is 11.8. The molecule has 4 nitrogen and oxygen atoms in total. The van der Waals surface area contributed by atoms with Crippen LogP contribution in [0.2, 0.25) is 0 Å². The lowest BCUT2D eigenvalue weighted by atomic mass is 10.2. The van der Waals surface area contributed by atoms with Crippen molar-refractivity contribution in [2.24, 2.45) is 0 Å². The van der Waals surface area contributed by atoms with Gasteiger partial charge in [-0.1, -0.05) is 35.7 Å². The zero-order chi connectivity index (χ0) is 15.0. The largest absolute Gasteiger partial charge is 0.481 e.